The van der Waals surface area contributed by atoms with Gasteiger partial charge in [-0.1, -0.05) is 29.8 Å². The van der Waals surface area contributed by atoms with Crippen molar-refractivity contribution in [1.82, 2.24) is 9.80 Å². The molecule has 0 N–H and O–H groups in total. The summed E-state index contributed by atoms with van der Waals surface area (Å²) in [4.78, 5) is 16.4. The maximum absolute atomic E-state index is 12.2. The third kappa shape index (κ3) is 5.54. The zero-order chi connectivity index (χ0) is 17.0. The summed E-state index contributed by atoms with van der Waals surface area (Å²) in [7, 11) is 1.86. The first-order valence-electron chi connectivity index (χ1n) is 8.48. The molecule has 128 valence electrons. The van der Waals surface area contributed by atoms with Gasteiger partial charge in [0, 0.05) is 32.7 Å². The number of amides is 1. The molecular weight excluding hydrogens is 288 g/mol. The summed E-state index contributed by atoms with van der Waals surface area (Å²) in [6, 6.07) is 9.01. The predicted octanol–water partition coefficient (Wildman–Crippen LogP) is 3.83. The van der Waals surface area contributed by atoms with Crippen molar-refractivity contribution in [3.8, 4) is 0 Å². The van der Waals surface area contributed by atoms with E-state index in [9.17, 15) is 4.79 Å². The lowest BCUT2D eigenvalue weighted by atomic mass is 10.0. The van der Waals surface area contributed by atoms with Crippen molar-refractivity contribution in [2.24, 2.45) is 0 Å². The van der Waals surface area contributed by atoms with Crippen LogP contribution in [0, 0.1) is 6.92 Å². The molecule has 1 fully saturated rings. The Bertz CT molecular complexity index is 511. The summed E-state index contributed by atoms with van der Waals surface area (Å²) in [6.45, 7) is 10.9. The molecule has 0 unspecified atom stereocenters. The molecule has 4 nitrogen and oxygen atoms in total. The van der Waals surface area contributed by atoms with Gasteiger partial charge in [0.25, 0.3) is 0 Å². The summed E-state index contributed by atoms with van der Waals surface area (Å²) < 4.78 is 5.46. The highest BCUT2D eigenvalue weighted by molar-refractivity contribution is 5.68. The molecule has 2 rings (SSSR count). The maximum atomic E-state index is 12.2. The molecule has 0 bridgehead atoms. The second-order valence-electron chi connectivity index (χ2n) is 7.58. The summed E-state index contributed by atoms with van der Waals surface area (Å²) in [5.41, 5.74) is 2.22. The van der Waals surface area contributed by atoms with E-state index in [0.29, 0.717) is 0 Å². The first kappa shape index (κ1) is 17.8. The van der Waals surface area contributed by atoms with Gasteiger partial charge in [-0.15, -0.1) is 0 Å². The molecule has 1 saturated heterocycles. The van der Waals surface area contributed by atoms with Crippen LogP contribution >= 0.6 is 0 Å². The van der Waals surface area contributed by atoms with Gasteiger partial charge in [0.05, 0.1) is 0 Å². The van der Waals surface area contributed by atoms with E-state index in [-0.39, 0.29) is 12.1 Å². The molecule has 0 atom stereocenters. The lowest BCUT2D eigenvalue weighted by Crippen LogP contribution is -2.46. The summed E-state index contributed by atoms with van der Waals surface area (Å²) in [6.07, 6.45) is 1.79. The molecular formula is C19H30N2O2. The Morgan fingerprint density at radius 2 is 1.78 bits per heavy atom. The molecule has 0 saturated carbocycles. The molecule has 1 amide bonds. The van der Waals surface area contributed by atoms with E-state index >= 15 is 0 Å². The number of nitrogens with zero attached hydrogens (tertiary/aromatic N) is 2. The Kier molecular flexibility index (Phi) is 5.69. The largest absolute Gasteiger partial charge is 0.444 e. The number of ether oxygens (including phenoxy) is 1. The van der Waals surface area contributed by atoms with Crippen LogP contribution in [0.1, 0.15) is 44.7 Å². The van der Waals surface area contributed by atoms with Gasteiger partial charge in [-0.3, -0.25) is 4.90 Å². The quantitative estimate of drug-likeness (QED) is 0.849. The van der Waals surface area contributed by atoms with Crippen LogP contribution in [0.4, 0.5) is 4.79 Å². The van der Waals surface area contributed by atoms with Crippen LogP contribution in [0.3, 0.4) is 0 Å². The van der Waals surface area contributed by atoms with Gasteiger partial charge in [0.2, 0.25) is 0 Å². The molecule has 4 heteroatoms. The van der Waals surface area contributed by atoms with Crippen molar-refractivity contribution in [2.75, 3.05) is 20.1 Å². The molecule has 23 heavy (non-hydrogen) atoms. The lowest BCUT2D eigenvalue weighted by molar-refractivity contribution is 0.0149. The van der Waals surface area contributed by atoms with E-state index in [1.54, 1.807) is 4.90 Å². The first-order chi connectivity index (χ1) is 10.7. The number of carbonyl (C=O) groups excluding carboxylic acids is 1. The first-order valence-corrected chi connectivity index (χ1v) is 8.48. The highest BCUT2D eigenvalue weighted by atomic mass is 16.6. The number of likely N-dealkylation sites (tertiary alicyclic amines) is 1. The zero-order valence-electron chi connectivity index (χ0n) is 15.1. The molecule has 0 spiro atoms. The second-order valence-corrected chi connectivity index (χ2v) is 7.58. The van der Waals surface area contributed by atoms with Crippen LogP contribution in [0.5, 0.6) is 0 Å². The molecule has 1 aliphatic rings. The molecule has 1 aromatic carbocycles. The Morgan fingerprint density at radius 1 is 1.22 bits per heavy atom. The molecule has 1 heterocycles. The van der Waals surface area contributed by atoms with Crippen LogP contribution in [0.25, 0.3) is 0 Å². The van der Waals surface area contributed by atoms with Crippen molar-refractivity contribution < 1.29 is 9.53 Å². The fourth-order valence-electron chi connectivity index (χ4n) is 2.90. The van der Waals surface area contributed by atoms with Crippen molar-refractivity contribution in [3.05, 3.63) is 35.4 Å². The van der Waals surface area contributed by atoms with Crippen LogP contribution in [-0.4, -0.2) is 47.7 Å². The normalized spacial score (nSPS) is 17.1. The van der Waals surface area contributed by atoms with E-state index in [2.05, 4.69) is 36.1 Å². The molecule has 1 aliphatic heterocycles. The van der Waals surface area contributed by atoms with Gasteiger partial charge in [0.1, 0.15) is 5.60 Å². The standard InChI is InChI=1S/C19H30N2O2/c1-15-6-8-16(9-7-15)14-21-12-10-17(11-13-21)20(5)18(22)23-19(2,3)4/h6-9,17H,10-14H2,1-5H3. The highest BCUT2D eigenvalue weighted by Crippen LogP contribution is 2.20. The maximum Gasteiger partial charge on any atom is 0.410 e. The number of hydrogen-bond donors (Lipinski definition) is 0. The van der Waals surface area contributed by atoms with Gasteiger partial charge in [-0.2, -0.15) is 0 Å². The molecule has 0 radical (unpaired) electrons. The second kappa shape index (κ2) is 7.35. The van der Waals surface area contributed by atoms with E-state index in [0.717, 1.165) is 32.5 Å². The number of hydrogen-bond acceptors (Lipinski definition) is 3. The number of rotatable bonds is 3. The highest BCUT2D eigenvalue weighted by Gasteiger charge is 2.28. The van der Waals surface area contributed by atoms with E-state index < -0.39 is 5.60 Å². The summed E-state index contributed by atoms with van der Waals surface area (Å²) in [5.74, 6) is 0. The SMILES string of the molecule is Cc1ccc(CN2CCC(N(C)C(=O)OC(C)(C)C)CC2)cc1. The summed E-state index contributed by atoms with van der Waals surface area (Å²) >= 11 is 0. The Hall–Kier alpha value is -1.55. The smallest absolute Gasteiger partial charge is 0.410 e. The van der Waals surface area contributed by atoms with Crippen molar-refractivity contribution in [2.45, 2.75) is 58.7 Å². The number of benzene rings is 1. The third-order valence-corrected chi connectivity index (χ3v) is 4.31. The zero-order valence-corrected chi connectivity index (χ0v) is 15.1. The van der Waals surface area contributed by atoms with Crippen molar-refractivity contribution in [1.29, 1.82) is 0 Å². The third-order valence-electron chi connectivity index (χ3n) is 4.31. The van der Waals surface area contributed by atoms with Crippen LogP contribution in [0.2, 0.25) is 0 Å². The molecule has 0 aromatic heterocycles. The Labute approximate surface area is 140 Å². The van der Waals surface area contributed by atoms with Gasteiger partial charge < -0.3 is 9.64 Å². The van der Waals surface area contributed by atoms with E-state index in [1.165, 1.54) is 11.1 Å². The molecule has 0 aliphatic carbocycles. The van der Waals surface area contributed by atoms with Crippen LogP contribution in [-0.2, 0) is 11.3 Å². The Morgan fingerprint density at radius 3 is 2.30 bits per heavy atom. The predicted molar refractivity (Wildman–Crippen MR) is 93.5 cm³/mol. The fourth-order valence-corrected chi connectivity index (χ4v) is 2.90. The Balaban J connectivity index is 1.81. The number of carbonyl (C=O) groups is 1. The van der Waals surface area contributed by atoms with Gasteiger partial charge in [-0.05, 0) is 46.1 Å². The van der Waals surface area contributed by atoms with Gasteiger partial charge >= 0.3 is 6.09 Å². The van der Waals surface area contributed by atoms with E-state index in [1.807, 2.05) is 27.8 Å². The van der Waals surface area contributed by atoms with Crippen molar-refractivity contribution >= 4 is 6.09 Å². The minimum atomic E-state index is -0.433. The van der Waals surface area contributed by atoms with Gasteiger partial charge in [0.15, 0.2) is 0 Å². The lowest BCUT2D eigenvalue weighted by Gasteiger charge is -2.37. The number of aryl methyl sites for hydroxylation is 1. The minimum absolute atomic E-state index is 0.213. The van der Waals surface area contributed by atoms with Gasteiger partial charge in [-0.25, -0.2) is 4.79 Å². The monoisotopic (exact) mass is 318 g/mol. The minimum Gasteiger partial charge on any atom is -0.444 e. The van der Waals surface area contributed by atoms with Crippen molar-refractivity contribution in [3.63, 3.8) is 0 Å². The van der Waals surface area contributed by atoms with Crippen LogP contribution < -0.4 is 0 Å². The molecule has 1 aromatic rings. The number of piperidine rings is 1. The fraction of sp³-hybridized carbons (Fsp3) is 0.632. The average molecular weight is 318 g/mol. The summed E-state index contributed by atoms with van der Waals surface area (Å²) in [5, 5.41) is 0. The topological polar surface area (TPSA) is 32.8 Å². The average Bonchev–Trinajstić information content (AvgIpc) is 2.48. The van der Waals surface area contributed by atoms with E-state index in [4.69, 9.17) is 4.74 Å². The van der Waals surface area contributed by atoms with Crippen LogP contribution in [0.15, 0.2) is 24.3 Å².